The summed E-state index contributed by atoms with van der Waals surface area (Å²) in [6, 6.07) is 12.3. The Morgan fingerprint density at radius 1 is 1.05 bits per heavy atom. The first-order valence-electron chi connectivity index (χ1n) is 6.43. The minimum absolute atomic E-state index is 0.323. The van der Waals surface area contributed by atoms with E-state index >= 15 is 0 Å². The van der Waals surface area contributed by atoms with Crippen molar-refractivity contribution < 1.29 is 8.78 Å². The maximum atomic E-state index is 13.8. The summed E-state index contributed by atoms with van der Waals surface area (Å²) in [5.74, 6) is -0.322. The van der Waals surface area contributed by atoms with Crippen LogP contribution in [-0.2, 0) is 0 Å². The van der Waals surface area contributed by atoms with Crippen molar-refractivity contribution in [1.82, 2.24) is 9.78 Å². The highest BCUT2D eigenvalue weighted by Gasteiger charge is 2.13. The predicted octanol–water partition coefficient (Wildman–Crippen LogP) is 3.71. The van der Waals surface area contributed by atoms with Gasteiger partial charge in [-0.05, 0) is 42.8 Å². The molecule has 0 atom stereocenters. The maximum absolute atomic E-state index is 13.8. The van der Waals surface area contributed by atoms with E-state index in [9.17, 15) is 8.78 Å². The van der Waals surface area contributed by atoms with E-state index in [1.165, 1.54) is 22.9 Å². The van der Waals surface area contributed by atoms with Crippen LogP contribution in [0.15, 0.2) is 48.5 Å². The average molecular weight is 285 g/mol. The van der Waals surface area contributed by atoms with E-state index in [1.807, 2.05) is 0 Å². The standard InChI is InChI=1S/C16H13F2N3/c1-10-8-11(17)6-7-15(10)21-16(19)9-14(20-21)12-4-2-3-5-13(12)18/h2-9H,19H2,1H3. The molecule has 0 unspecified atom stereocenters. The molecule has 2 aromatic carbocycles. The van der Waals surface area contributed by atoms with Crippen LogP contribution >= 0.6 is 0 Å². The van der Waals surface area contributed by atoms with Crippen LogP contribution in [0.25, 0.3) is 16.9 Å². The van der Waals surface area contributed by atoms with Crippen molar-refractivity contribution in [2.24, 2.45) is 0 Å². The third-order valence-electron chi connectivity index (χ3n) is 3.27. The lowest BCUT2D eigenvalue weighted by Gasteiger charge is -2.07. The largest absolute Gasteiger partial charge is 0.384 e. The van der Waals surface area contributed by atoms with Gasteiger partial charge in [-0.15, -0.1) is 0 Å². The monoisotopic (exact) mass is 285 g/mol. The molecule has 0 bridgehead atoms. The molecule has 106 valence electrons. The molecule has 0 aliphatic carbocycles. The zero-order chi connectivity index (χ0) is 15.0. The smallest absolute Gasteiger partial charge is 0.132 e. The fraction of sp³-hybridized carbons (Fsp3) is 0.0625. The number of nitrogens with zero attached hydrogens (tertiary/aromatic N) is 2. The lowest BCUT2D eigenvalue weighted by Crippen LogP contribution is -2.04. The van der Waals surface area contributed by atoms with Crippen molar-refractivity contribution in [3.63, 3.8) is 0 Å². The fourth-order valence-electron chi connectivity index (χ4n) is 2.25. The molecule has 5 heteroatoms. The molecule has 3 nitrogen and oxygen atoms in total. The molecule has 2 N–H and O–H groups in total. The second-order valence-corrected chi connectivity index (χ2v) is 4.78. The van der Waals surface area contributed by atoms with Gasteiger partial charge in [0.1, 0.15) is 17.5 Å². The third-order valence-corrected chi connectivity index (χ3v) is 3.27. The number of benzene rings is 2. The van der Waals surface area contributed by atoms with Gasteiger partial charge in [0.15, 0.2) is 0 Å². The van der Waals surface area contributed by atoms with E-state index < -0.39 is 0 Å². The van der Waals surface area contributed by atoms with E-state index in [0.29, 0.717) is 28.3 Å². The summed E-state index contributed by atoms with van der Waals surface area (Å²) in [6.07, 6.45) is 0. The molecule has 1 aromatic heterocycles. The Balaban J connectivity index is 2.12. The van der Waals surface area contributed by atoms with Gasteiger partial charge < -0.3 is 5.73 Å². The van der Waals surface area contributed by atoms with E-state index in [4.69, 9.17) is 5.73 Å². The number of hydrogen-bond donors (Lipinski definition) is 1. The second kappa shape index (κ2) is 5.01. The Bertz CT molecular complexity index is 809. The molecule has 0 radical (unpaired) electrons. The molecule has 3 rings (SSSR count). The molecule has 0 saturated carbocycles. The average Bonchev–Trinajstić information content (AvgIpc) is 2.81. The van der Waals surface area contributed by atoms with Crippen LogP contribution in [0.5, 0.6) is 0 Å². The summed E-state index contributed by atoms with van der Waals surface area (Å²) in [5.41, 5.74) is 8.13. The van der Waals surface area contributed by atoms with Gasteiger partial charge in [0.2, 0.25) is 0 Å². The SMILES string of the molecule is Cc1cc(F)ccc1-n1nc(-c2ccccc2F)cc1N. The number of aryl methyl sites for hydroxylation is 1. The molecule has 3 aromatic rings. The highest BCUT2D eigenvalue weighted by atomic mass is 19.1. The first kappa shape index (κ1) is 13.3. The van der Waals surface area contributed by atoms with Crippen molar-refractivity contribution in [1.29, 1.82) is 0 Å². The molecule has 0 saturated heterocycles. The van der Waals surface area contributed by atoms with Gasteiger partial charge in [0.05, 0.1) is 11.4 Å². The fourth-order valence-corrected chi connectivity index (χ4v) is 2.25. The van der Waals surface area contributed by atoms with Gasteiger partial charge in [-0.1, -0.05) is 12.1 Å². The van der Waals surface area contributed by atoms with Crippen LogP contribution in [0.4, 0.5) is 14.6 Å². The molecule has 21 heavy (non-hydrogen) atoms. The minimum atomic E-state index is -0.363. The summed E-state index contributed by atoms with van der Waals surface area (Å²) < 4.78 is 28.5. The zero-order valence-corrected chi connectivity index (χ0v) is 11.3. The Kier molecular flexibility index (Phi) is 3.17. The summed E-state index contributed by atoms with van der Waals surface area (Å²) in [5, 5.41) is 4.33. The van der Waals surface area contributed by atoms with Gasteiger partial charge in [-0.25, -0.2) is 13.5 Å². The van der Waals surface area contributed by atoms with Gasteiger partial charge >= 0.3 is 0 Å². The molecule has 0 amide bonds. The maximum Gasteiger partial charge on any atom is 0.132 e. The molecule has 0 spiro atoms. The summed E-state index contributed by atoms with van der Waals surface area (Å²) in [6.45, 7) is 1.77. The summed E-state index contributed by atoms with van der Waals surface area (Å²) in [7, 11) is 0. The van der Waals surface area contributed by atoms with Crippen molar-refractivity contribution in [2.45, 2.75) is 6.92 Å². The quantitative estimate of drug-likeness (QED) is 0.780. The van der Waals surface area contributed by atoms with Crippen LogP contribution in [0.3, 0.4) is 0 Å². The Labute approximate surface area is 120 Å². The van der Waals surface area contributed by atoms with E-state index in [2.05, 4.69) is 5.10 Å². The van der Waals surface area contributed by atoms with Crippen LogP contribution in [0, 0.1) is 18.6 Å². The van der Waals surface area contributed by atoms with E-state index in [-0.39, 0.29) is 11.6 Å². The van der Waals surface area contributed by atoms with E-state index in [0.717, 1.165) is 0 Å². The number of nitrogens with two attached hydrogens (primary N) is 1. The molecule has 0 aliphatic heterocycles. The Morgan fingerprint density at radius 2 is 1.81 bits per heavy atom. The van der Waals surface area contributed by atoms with Crippen molar-refractivity contribution in [3.8, 4) is 16.9 Å². The van der Waals surface area contributed by atoms with Crippen LogP contribution in [-0.4, -0.2) is 9.78 Å². The van der Waals surface area contributed by atoms with Gasteiger partial charge in [0.25, 0.3) is 0 Å². The molecular formula is C16H13F2N3. The molecule has 1 heterocycles. The zero-order valence-electron chi connectivity index (χ0n) is 11.3. The van der Waals surface area contributed by atoms with Gasteiger partial charge in [0, 0.05) is 11.6 Å². The number of aromatic nitrogens is 2. The lowest BCUT2D eigenvalue weighted by atomic mass is 10.1. The Morgan fingerprint density at radius 3 is 2.52 bits per heavy atom. The third kappa shape index (κ3) is 2.38. The van der Waals surface area contributed by atoms with Crippen molar-refractivity contribution in [3.05, 3.63) is 65.7 Å². The molecule has 0 fully saturated rings. The van der Waals surface area contributed by atoms with Crippen LogP contribution < -0.4 is 5.73 Å². The van der Waals surface area contributed by atoms with Gasteiger partial charge in [-0.3, -0.25) is 0 Å². The molecular weight excluding hydrogens is 272 g/mol. The summed E-state index contributed by atoms with van der Waals surface area (Å²) >= 11 is 0. The number of anilines is 1. The van der Waals surface area contributed by atoms with E-state index in [1.54, 1.807) is 37.3 Å². The van der Waals surface area contributed by atoms with Crippen LogP contribution in [0.2, 0.25) is 0 Å². The molecule has 0 aliphatic rings. The minimum Gasteiger partial charge on any atom is -0.384 e. The number of halogens is 2. The normalized spacial score (nSPS) is 10.8. The number of nitrogen functional groups attached to an aromatic ring is 1. The number of hydrogen-bond acceptors (Lipinski definition) is 2. The lowest BCUT2D eigenvalue weighted by molar-refractivity contribution is 0.625. The predicted molar refractivity (Wildman–Crippen MR) is 78.1 cm³/mol. The highest BCUT2D eigenvalue weighted by molar-refractivity contribution is 5.64. The van der Waals surface area contributed by atoms with Crippen molar-refractivity contribution in [2.75, 3.05) is 5.73 Å². The second-order valence-electron chi connectivity index (χ2n) is 4.78. The van der Waals surface area contributed by atoms with Crippen molar-refractivity contribution >= 4 is 5.82 Å². The first-order valence-corrected chi connectivity index (χ1v) is 6.43. The Hall–Kier alpha value is -2.69. The summed E-state index contributed by atoms with van der Waals surface area (Å²) in [4.78, 5) is 0. The van der Waals surface area contributed by atoms with Gasteiger partial charge in [-0.2, -0.15) is 5.10 Å². The topological polar surface area (TPSA) is 43.8 Å². The first-order chi connectivity index (χ1) is 10.1. The van der Waals surface area contributed by atoms with Crippen LogP contribution in [0.1, 0.15) is 5.56 Å². The highest BCUT2D eigenvalue weighted by Crippen LogP contribution is 2.26. The number of rotatable bonds is 2.